The van der Waals surface area contributed by atoms with Gasteiger partial charge in [-0.1, -0.05) is 6.92 Å². The van der Waals surface area contributed by atoms with Crippen LogP contribution in [0.2, 0.25) is 0 Å². The van der Waals surface area contributed by atoms with Gasteiger partial charge < -0.3 is 4.74 Å². The van der Waals surface area contributed by atoms with Crippen molar-refractivity contribution in [2.45, 2.75) is 31.1 Å². The zero-order valence-electron chi connectivity index (χ0n) is 8.88. The minimum absolute atomic E-state index is 0.379. The summed E-state index contributed by atoms with van der Waals surface area (Å²) in [5.41, 5.74) is -0.379. The molecule has 0 aliphatic carbocycles. The molecule has 1 saturated heterocycles. The topological polar surface area (TPSA) is 45.0 Å². The summed E-state index contributed by atoms with van der Waals surface area (Å²) in [5.74, 6) is 0.845. The quantitative estimate of drug-likeness (QED) is 0.726. The number of hydrogen-bond donors (Lipinski definition) is 1. The fraction of sp³-hybridized carbons (Fsp3) is 0.900. The number of hydrogen-bond acceptors (Lipinski definition) is 4. The molecule has 0 radical (unpaired) electrons. The van der Waals surface area contributed by atoms with Gasteiger partial charge in [0, 0.05) is 5.75 Å². The van der Waals surface area contributed by atoms with Crippen LogP contribution in [0.25, 0.3) is 0 Å². The van der Waals surface area contributed by atoms with E-state index in [1.807, 2.05) is 18.7 Å². The summed E-state index contributed by atoms with van der Waals surface area (Å²) in [6, 6.07) is 2.34. The Labute approximate surface area is 90.2 Å². The molecule has 80 valence electrons. The van der Waals surface area contributed by atoms with Crippen LogP contribution in [0.1, 0.15) is 20.3 Å². The number of thioether (sulfide) groups is 1. The Morgan fingerprint density at radius 1 is 1.64 bits per heavy atom. The second-order valence-corrected chi connectivity index (χ2v) is 5.13. The highest BCUT2D eigenvalue weighted by Gasteiger charge is 2.27. The normalized spacial score (nSPS) is 20.9. The number of nitriles is 1. The van der Waals surface area contributed by atoms with Crippen LogP contribution in [0.15, 0.2) is 0 Å². The summed E-state index contributed by atoms with van der Waals surface area (Å²) in [4.78, 5) is 0. The van der Waals surface area contributed by atoms with Crippen molar-refractivity contribution in [2.24, 2.45) is 0 Å². The van der Waals surface area contributed by atoms with Crippen LogP contribution >= 0.6 is 11.8 Å². The van der Waals surface area contributed by atoms with Gasteiger partial charge in [-0.2, -0.15) is 17.0 Å². The first-order valence-corrected chi connectivity index (χ1v) is 6.10. The van der Waals surface area contributed by atoms with Crippen molar-refractivity contribution in [1.29, 1.82) is 5.26 Å². The lowest BCUT2D eigenvalue weighted by Gasteiger charge is -2.29. The van der Waals surface area contributed by atoms with E-state index in [9.17, 15) is 0 Å². The Hall–Kier alpha value is -0.240. The molecule has 14 heavy (non-hydrogen) atoms. The Kier molecular flexibility index (Phi) is 4.73. The molecule has 0 aromatic carbocycles. The predicted octanol–water partition coefficient (Wildman–Crippen LogP) is 1.40. The highest BCUT2D eigenvalue weighted by atomic mass is 32.2. The molecule has 0 aromatic heterocycles. The summed E-state index contributed by atoms with van der Waals surface area (Å²) in [6.07, 6.45) is 1.06. The number of nitrogens with zero attached hydrogens (tertiary/aromatic N) is 1. The van der Waals surface area contributed by atoms with E-state index in [0.717, 1.165) is 31.9 Å². The van der Waals surface area contributed by atoms with Gasteiger partial charge in [-0.3, -0.25) is 5.32 Å². The summed E-state index contributed by atoms with van der Waals surface area (Å²) in [6.45, 7) is 6.68. The van der Waals surface area contributed by atoms with E-state index < -0.39 is 0 Å². The molecule has 0 saturated carbocycles. The van der Waals surface area contributed by atoms with Crippen molar-refractivity contribution >= 4 is 11.8 Å². The lowest BCUT2D eigenvalue weighted by atomic mass is 10.1. The lowest BCUT2D eigenvalue weighted by molar-refractivity contribution is 0.0454. The van der Waals surface area contributed by atoms with Crippen LogP contribution in [-0.4, -0.2) is 36.3 Å². The van der Waals surface area contributed by atoms with Crippen LogP contribution < -0.4 is 5.32 Å². The molecule has 1 aliphatic heterocycles. The highest BCUT2D eigenvalue weighted by molar-refractivity contribution is 8.00. The monoisotopic (exact) mass is 214 g/mol. The molecular weight excluding hydrogens is 196 g/mol. The van der Waals surface area contributed by atoms with Crippen molar-refractivity contribution in [3.63, 3.8) is 0 Å². The first-order valence-electron chi connectivity index (χ1n) is 5.06. The second-order valence-electron chi connectivity index (χ2n) is 3.84. The van der Waals surface area contributed by atoms with E-state index in [-0.39, 0.29) is 5.54 Å². The largest absolute Gasteiger partial charge is 0.379 e. The molecule has 4 heteroatoms. The second kappa shape index (κ2) is 5.59. The molecule has 1 rings (SSSR count). The predicted molar refractivity (Wildman–Crippen MR) is 59.4 cm³/mol. The average molecular weight is 214 g/mol. The molecule has 0 bridgehead atoms. The van der Waals surface area contributed by atoms with Gasteiger partial charge in [0.25, 0.3) is 0 Å². The van der Waals surface area contributed by atoms with Crippen molar-refractivity contribution in [2.75, 3.05) is 25.5 Å². The standard InChI is InChI=1S/C10H18N2OS/c1-3-4-12-10(2,7-11)8-14-9-5-13-6-9/h9,12H,3-6,8H2,1-2H3. The van der Waals surface area contributed by atoms with Gasteiger partial charge in [-0.25, -0.2) is 0 Å². The Morgan fingerprint density at radius 3 is 2.79 bits per heavy atom. The smallest absolute Gasteiger partial charge is 0.113 e. The maximum atomic E-state index is 9.06. The zero-order valence-corrected chi connectivity index (χ0v) is 9.69. The summed E-state index contributed by atoms with van der Waals surface area (Å²) < 4.78 is 5.09. The lowest BCUT2D eigenvalue weighted by Crippen LogP contribution is -2.45. The summed E-state index contributed by atoms with van der Waals surface area (Å²) in [5, 5.41) is 12.9. The van der Waals surface area contributed by atoms with Crippen molar-refractivity contribution in [3.8, 4) is 6.07 Å². The molecule has 1 heterocycles. The van der Waals surface area contributed by atoms with Crippen LogP contribution in [0.4, 0.5) is 0 Å². The Balaban J connectivity index is 2.24. The van der Waals surface area contributed by atoms with E-state index in [1.54, 1.807) is 0 Å². The molecule has 1 fully saturated rings. The van der Waals surface area contributed by atoms with Gasteiger partial charge in [-0.05, 0) is 19.9 Å². The summed E-state index contributed by atoms with van der Waals surface area (Å²) >= 11 is 1.84. The first-order chi connectivity index (χ1) is 6.70. The van der Waals surface area contributed by atoms with Gasteiger partial charge in [0.1, 0.15) is 5.54 Å². The minimum atomic E-state index is -0.379. The fourth-order valence-electron chi connectivity index (χ4n) is 1.12. The van der Waals surface area contributed by atoms with E-state index in [4.69, 9.17) is 10.00 Å². The van der Waals surface area contributed by atoms with Crippen LogP contribution in [0, 0.1) is 11.3 Å². The third-order valence-corrected chi connectivity index (χ3v) is 3.71. The Morgan fingerprint density at radius 2 is 2.36 bits per heavy atom. The molecule has 3 nitrogen and oxygen atoms in total. The molecular formula is C10H18N2OS. The van der Waals surface area contributed by atoms with Gasteiger partial charge >= 0.3 is 0 Å². The zero-order chi connectivity index (χ0) is 10.4. The van der Waals surface area contributed by atoms with E-state index in [2.05, 4.69) is 18.3 Å². The van der Waals surface area contributed by atoms with Gasteiger partial charge in [-0.15, -0.1) is 0 Å². The maximum Gasteiger partial charge on any atom is 0.113 e. The first kappa shape index (κ1) is 11.8. The molecule has 0 aromatic rings. The van der Waals surface area contributed by atoms with Crippen molar-refractivity contribution in [3.05, 3.63) is 0 Å². The van der Waals surface area contributed by atoms with E-state index in [0.29, 0.717) is 5.25 Å². The molecule has 0 amide bonds. The van der Waals surface area contributed by atoms with E-state index >= 15 is 0 Å². The van der Waals surface area contributed by atoms with Crippen LogP contribution in [-0.2, 0) is 4.74 Å². The SMILES string of the molecule is CCCNC(C)(C#N)CSC1COC1. The molecule has 0 spiro atoms. The third kappa shape index (κ3) is 3.49. The van der Waals surface area contributed by atoms with Crippen molar-refractivity contribution in [1.82, 2.24) is 5.32 Å². The highest BCUT2D eigenvalue weighted by Crippen LogP contribution is 2.23. The van der Waals surface area contributed by atoms with Gasteiger partial charge in [0.2, 0.25) is 0 Å². The maximum absolute atomic E-state index is 9.06. The van der Waals surface area contributed by atoms with Gasteiger partial charge in [0.15, 0.2) is 0 Å². The summed E-state index contributed by atoms with van der Waals surface area (Å²) in [7, 11) is 0. The Bertz CT molecular complexity index is 213. The molecule has 1 unspecified atom stereocenters. The van der Waals surface area contributed by atoms with Crippen LogP contribution in [0.5, 0.6) is 0 Å². The van der Waals surface area contributed by atoms with Crippen molar-refractivity contribution < 1.29 is 4.74 Å². The molecule has 1 atom stereocenters. The third-order valence-electron chi connectivity index (χ3n) is 2.23. The van der Waals surface area contributed by atoms with Crippen LogP contribution in [0.3, 0.4) is 0 Å². The van der Waals surface area contributed by atoms with Gasteiger partial charge in [0.05, 0.1) is 24.5 Å². The van der Waals surface area contributed by atoms with E-state index in [1.165, 1.54) is 0 Å². The molecule has 1 aliphatic rings. The number of rotatable bonds is 6. The molecule has 1 N–H and O–H groups in total. The minimum Gasteiger partial charge on any atom is -0.379 e. The number of nitrogens with one attached hydrogen (secondary N) is 1. The average Bonchev–Trinajstić information content (AvgIpc) is 2.12. The fourth-order valence-corrected chi connectivity index (χ4v) is 2.24. The number of ether oxygens (including phenoxy) is 1.